The monoisotopic (exact) mass is 292 g/mol. The molecule has 1 unspecified atom stereocenters. The van der Waals surface area contributed by atoms with Gasteiger partial charge < -0.3 is 14.4 Å². The van der Waals surface area contributed by atoms with Crippen LogP contribution in [0, 0.1) is 0 Å². The molecule has 118 valence electrons. The van der Waals surface area contributed by atoms with E-state index in [0.29, 0.717) is 6.10 Å². The highest BCUT2D eigenvalue weighted by atomic mass is 16.5. The lowest BCUT2D eigenvalue weighted by molar-refractivity contribution is -0.0449. The summed E-state index contributed by atoms with van der Waals surface area (Å²) in [6.45, 7) is 11.4. The Balaban J connectivity index is 1.92. The quantitative estimate of drug-likeness (QED) is 0.769. The minimum absolute atomic E-state index is 0.313. The van der Waals surface area contributed by atoms with E-state index in [9.17, 15) is 0 Å². The molecule has 1 aromatic rings. The maximum absolute atomic E-state index is 5.92. The van der Waals surface area contributed by atoms with Crippen LogP contribution in [0.4, 0.5) is 0 Å². The van der Waals surface area contributed by atoms with Crippen LogP contribution in [0.15, 0.2) is 24.3 Å². The summed E-state index contributed by atoms with van der Waals surface area (Å²) in [6.07, 6.45) is 0.313. The van der Waals surface area contributed by atoms with Crippen LogP contribution in [0.25, 0.3) is 0 Å². The average Bonchev–Trinajstić information content (AvgIpc) is 2.53. The fraction of sp³-hybridized carbons (Fsp3) is 0.647. The normalized spacial score (nSPS) is 19.9. The van der Waals surface area contributed by atoms with E-state index in [4.69, 9.17) is 9.47 Å². The van der Waals surface area contributed by atoms with Crippen LogP contribution in [-0.4, -0.2) is 62.3 Å². The zero-order valence-electron chi connectivity index (χ0n) is 13.5. The summed E-state index contributed by atoms with van der Waals surface area (Å²) in [5, 5.41) is 0. The number of hydrogen-bond acceptors (Lipinski definition) is 4. The summed E-state index contributed by atoms with van der Waals surface area (Å²) in [4.78, 5) is 4.90. The Morgan fingerprint density at radius 2 is 2.05 bits per heavy atom. The Labute approximate surface area is 128 Å². The maximum Gasteiger partial charge on any atom is 0.123 e. The largest absolute Gasteiger partial charge is 0.496 e. The summed E-state index contributed by atoms with van der Waals surface area (Å²) in [7, 11) is 1.74. The minimum Gasteiger partial charge on any atom is -0.496 e. The first-order valence-corrected chi connectivity index (χ1v) is 7.95. The molecule has 0 bridgehead atoms. The summed E-state index contributed by atoms with van der Waals surface area (Å²) in [5.41, 5.74) is 1.25. The number of rotatable bonds is 7. The highest BCUT2D eigenvalue weighted by Gasteiger charge is 2.22. The first kappa shape index (κ1) is 16.3. The number of nitrogens with zero attached hydrogens (tertiary/aromatic N) is 2. The Bertz CT molecular complexity index is 421. The summed E-state index contributed by atoms with van der Waals surface area (Å²) in [5.74, 6) is 0.976. The van der Waals surface area contributed by atoms with Gasteiger partial charge in [0.25, 0.3) is 0 Å². The van der Waals surface area contributed by atoms with E-state index in [-0.39, 0.29) is 0 Å². The van der Waals surface area contributed by atoms with Crippen LogP contribution in [0.2, 0.25) is 0 Å². The second kappa shape index (κ2) is 8.37. The Hall–Kier alpha value is -1.10. The smallest absolute Gasteiger partial charge is 0.123 e. The molecule has 1 aliphatic rings. The van der Waals surface area contributed by atoms with Crippen molar-refractivity contribution in [1.29, 1.82) is 0 Å². The fourth-order valence-electron chi connectivity index (χ4n) is 2.88. The fourth-order valence-corrected chi connectivity index (χ4v) is 2.88. The van der Waals surface area contributed by atoms with Crippen LogP contribution >= 0.6 is 0 Å². The van der Waals surface area contributed by atoms with Crippen LogP contribution < -0.4 is 4.74 Å². The number of ether oxygens (including phenoxy) is 2. The predicted octanol–water partition coefficient (Wildman–Crippen LogP) is 2.24. The molecule has 1 atom stereocenters. The van der Waals surface area contributed by atoms with Crippen molar-refractivity contribution in [3.05, 3.63) is 29.8 Å². The van der Waals surface area contributed by atoms with Gasteiger partial charge in [0.15, 0.2) is 0 Å². The topological polar surface area (TPSA) is 24.9 Å². The van der Waals surface area contributed by atoms with E-state index >= 15 is 0 Å². The summed E-state index contributed by atoms with van der Waals surface area (Å²) >= 11 is 0. The molecule has 1 fully saturated rings. The number of morpholine rings is 1. The summed E-state index contributed by atoms with van der Waals surface area (Å²) < 4.78 is 11.4. The van der Waals surface area contributed by atoms with Gasteiger partial charge in [0.05, 0.1) is 19.8 Å². The van der Waals surface area contributed by atoms with Gasteiger partial charge in [-0.05, 0) is 19.2 Å². The third-order valence-corrected chi connectivity index (χ3v) is 4.17. The molecule has 21 heavy (non-hydrogen) atoms. The standard InChI is InChI=1S/C17H28N2O2/c1-4-18(5-2)13-16-14-19(10-11-21-16)12-15-8-6-7-9-17(15)20-3/h6-9,16H,4-5,10-14H2,1-3H3. The number of benzene rings is 1. The lowest BCUT2D eigenvalue weighted by Crippen LogP contribution is -2.47. The first-order valence-electron chi connectivity index (χ1n) is 7.95. The molecule has 1 aliphatic heterocycles. The Morgan fingerprint density at radius 3 is 2.76 bits per heavy atom. The molecule has 4 heteroatoms. The van der Waals surface area contributed by atoms with Gasteiger partial charge in [0, 0.05) is 31.7 Å². The average molecular weight is 292 g/mol. The molecular weight excluding hydrogens is 264 g/mol. The lowest BCUT2D eigenvalue weighted by Gasteiger charge is -2.35. The van der Waals surface area contributed by atoms with Crippen molar-refractivity contribution in [1.82, 2.24) is 9.80 Å². The van der Waals surface area contributed by atoms with Gasteiger partial charge in [-0.3, -0.25) is 4.90 Å². The van der Waals surface area contributed by atoms with Crippen LogP contribution in [0.1, 0.15) is 19.4 Å². The number of para-hydroxylation sites is 1. The van der Waals surface area contributed by atoms with Gasteiger partial charge in [-0.25, -0.2) is 0 Å². The molecule has 0 N–H and O–H groups in total. The molecule has 1 heterocycles. The third kappa shape index (κ3) is 4.70. The van der Waals surface area contributed by atoms with Gasteiger partial charge in [-0.2, -0.15) is 0 Å². The molecule has 2 rings (SSSR count). The minimum atomic E-state index is 0.313. The van der Waals surface area contributed by atoms with Crippen molar-refractivity contribution < 1.29 is 9.47 Å². The third-order valence-electron chi connectivity index (χ3n) is 4.17. The van der Waals surface area contributed by atoms with E-state index in [1.54, 1.807) is 7.11 Å². The zero-order valence-corrected chi connectivity index (χ0v) is 13.5. The summed E-state index contributed by atoms with van der Waals surface area (Å²) in [6, 6.07) is 8.27. The van der Waals surface area contributed by atoms with E-state index in [1.807, 2.05) is 12.1 Å². The van der Waals surface area contributed by atoms with Gasteiger partial charge in [0.1, 0.15) is 5.75 Å². The van der Waals surface area contributed by atoms with Crippen LogP contribution in [0.3, 0.4) is 0 Å². The second-order valence-electron chi connectivity index (χ2n) is 5.53. The molecule has 4 nitrogen and oxygen atoms in total. The number of hydrogen-bond donors (Lipinski definition) is 0. The molecule has 0 aromatic heterocycles. The van der Waals surface area contributed by atoms with Crippen molar-refractivity contribution in [3.8, 4) is 5.75 Å². The molecule has 0 spiro atoms. The zero-order chi connectivity index (χ0) is 15.1. The maximum atomic E-state index is 5.92. The molecular formula is C17H28N2O2. The van der Waals surface area contributed by atoms with Gasteiger partial charge in [0.2, 0.25) is 0 Å². The van der Waals surface area contributed by atoms with Crippen molar-refractivity contribution >= 4 is 0 Å². The van der Waals surface area contributed by atoms with Crippen LogP contribution in [0.5, 0.6) is 5.75 Å². The Morgan fingerprint density at radius 1 is 1.29 bits per heavy atom. The molecule has 0 aliphatic carbocycles. The Kier molecular flexibility index (Phi) is 6.49. The highest BCUT2D eigenvalue weighted by Crippen LogP contribution is 2.20. The van der Waals surface area contributed by atoms with E-state index in [0.717, 1.165) is 51.6 Å². The second-order valence-corrected chi connectivity index (χ2v) is 5.53. The first-order chi connectivity index (χ1) is 10.3. The molecule has 0 saturated carbocycles. The molecule has 0 amide bonds. The van der Waals surface area contributed by atoms with Crippen molar-refractivity contribution in [2.75, 3.05) is 46.4 Å². The predicted molar refractivity (Wildman–Crippen MR) is 85.8 cm³/mol. The van der Waals surface area contributed by atoms with E-state index in [1.165, 1.54) is 5.56 Å². The SMILES string of the molecule is CCN(CC)CC1CN(Cc2ccccc2OC)CCO1. The molecule has 1 saturated heterocycles. The van der Waals surface area contributed by atoms with E-state index in [2.05, 4.69) is 35.8 Å². The number of methoxy groups -OCH3 is 1. The number of likely N-dealkylation sites (N-methyl/N-ethyl adjacent to an activating group) is 1. The van der Waals surface area contributed by atoms with Gasteiger partial charge in [-0.15, -0.1) is 0 Å². The van der Waals surface area contributed by atoms with Crippen molar-refractivity contribution in [2.45, 2.75) is 26.5 Å². The van der Waals surface area contributed by atoms with Crippen molar-refractivity contribution in [3.63, 3.8) is 0 Å². The lowest BCUT2D eigenvalue weighted by atomic mass is 10.1. The van der Waals surface area contributed by atoms with Gasteiger partial charge >= 0.3 is 0 Å². The molecule has 0 radical (unpaired) electrons. The van der Waals surface area contributed by atoms with Crippen LogP contribution in [-0.2, 0) is 11.3 Å². The van der Waals surface area contributed by atoms with Gasteiger partial charge in [-0.1, -0.05) is 32.0 Å². The van der Waals surface area contributed by atoms with Crippen molar-refractivity contribution in [2.24, 2.45) is 0 Å². The highest BCUT2D eigenvalue weighted by molar-refractivity contribution is 5.33. The van der Waals surface area contributed by atoms with E-state index < -0.39 is 0 Å². The molecule has 1 aromatic carbocycles.